The zero-order valence-electron chi connectivity index (χ0n) is 10.8. The molecule has 1 N–H and O–H groups in total. The minimum atomic E-state index is -0.121. The molecule has 0 aromatic rings. The van der Waals surface area contributed by atoms with Crippen LogP contribution in [0.25, 0.3) is 0 Å². The second-order valence-corrected chi connectivity index (χ2v) is 4.63. The molecule has 1 aliphatic heterocycles. The van der Waals surface area contributed by atoms with E-state index < -0.39 is 0 Å². The fraction of sp³-hybridized carbons (Fsp3) is 0.917. The van der Waals surface area contributed by atoms with Gasteiger partial charge in [0.25, 0.3) is 0 Å². The van der Waals surface area contributed by atoms with Crippen molar-refractivity contribution < 1.29 is 9.53 Å². The van der Waals surface area contributed by atoms with Crippen LogP contribution in [0.2, 0.25) is 0 Å². The van der Waals surface area contributed by atoms with Crippen molar-refractivity contribution in [2.75, 3.05) is 20.1 Å². The molecule has 0 aromatic heterocycles. The van der Waals surface area contributed by atoms with Crippen LogP contribution in [0.5, 0.6) is 0 Å². The normalized spacial score (nSPS) is 26.8. The zero-order valence-corrected chi connectivity index (χ0v) is 10.8. The Kier molecular flexibility index (Phi) is 5.22. The SMILES string of the molecule is CCN(C)C(=O)C(C)NCC1CCC(C)O1. The summed E-state index contributed by atoms with van der Waals surface area (Å²) in [6.45, 7) is 7.51. The molecule has 1 heterocycles. The van der Waals surface area contributed by atoms with Gasteiger partial charge in [0.1, 0.15) is 0 Å². The van der Waals surface area contributed by atoms with Gasteiger partial charge in [-0.2, -0.15) is 0 Å². The van der Waals surface area contributed by atoms with Gasteiger partial charge in [-0.25, -0.2) is 0 Å². The predicted octanol–water partition coefficient (Wildman–Crippen LogP) is 1.01. The van der Waals surface area contributed by atoms with Crippen molar-refractivity contribution in [2.24, 2.45) is 0 Å². The maximum absolute atomic E-state index is 11.8. The van der Waals surface area contributed by atoms with E-state index in [1.165, 1.54) is 0 Å². The highest BCUT2D eigenvalue weighted by atomic mass is 16.5. The third kappa shape index (κ3) is 3.76. The highest BCUT2D eigenvalue weighted by Crippen LogP contribution is 2.18. The molecule has 16 heavy (non-hydrogen) atoms. The molecule has 3 atom stereocenters. The van der Waals surface area contributed by atoms with Crippen molar-refractivity contribution in [3.63, 3.8) is 0 Å². The molecule has 1 aliphatic rings. The van der Waals surface area contributed by atoms with Gasteiger partial charge in [-0.3, -0.25) is 4.79 Å². The van der Waals surface area contributed by atoms with E-state index in [0.29, 0.717) is 6.10 Å². The van der Waals surface area contributed by atoms with E-state index in [1.807, 2.05) is 20.9 Å². The van der Waals surface area contributed by atoms with Gasteiger partial charge in [0.2, 0.25) is 5.91 Å². The Hall–Kier alpha value is -0.610. The van der Waals surface area contributed by atoms with Gasteiger partial charge < -0.3 is 15.0 Å². The second kappa shape index (κ2) is 6.21. The zero-order chi connectivity index (χ0) is 12.1. The minimum Gasteiger partial charge on any atom is -0.374 e. The first-order valence-electron chi connectivity index (χ1n) is 6.18. The van der Waals surface area contributed by atoms with Crippen LogP contribution in [-0.2, 0) is 9.53 Å². The van der Waals surface area contributed by atoms with Crippen molar-refractivity contribution >= 4 is 5.91 Å². The Morgan fingerprint density at radius 2 is 2.25 bits per heavy atom. The van der Waals surface area contributed by atoms with Crippen LogP contribution in [0.1, 0.15) is 33.6 Å². The third-order valence-electron chi connectivity index (χ3n) is 3.19. The Morgan fingerprint density at radius 3 is 2.75 bits per heavy atom. The van der Waals surface area contributed by atoms with Crippen LogP contribution in [0.15, 0.2) is 0 Å². The number of nitrogens with one attached hydrogen (secondary N) is 1. The molecule has 0 aliphatic carbocycles. The summed E-state index contributed by atoms with van der Waals surface area (Å²) in [5.41, 5.74) is 0. The van der Waals surface area contributed by atoms with Crippen molar-refractivity contribution in [3.05, 3.63) is 0 Å². The lowest BCUT2D eigenvalue weighted by Gasteiger charge is -2.22. The van der Waals surface area contributed by atoms with Gasteiger partial charge >= 0.3 is 0 Å². The van der Waals surface area contributed by atoms with Gasteiger partial charge in [-0.1, -0.05) is 0 Å². The molecule has 0 spiro atoms. The van der Waals surface area contributed by atoms with Crippen molar-refractivity contribution in [1.82, 2.24) is 10.2 Å². The molecule has 0 bridgehead atoms. The van der Waals surface area contributed by atoms with Crippen LogP contribution in [0.4, 0.5) is 0 Å². The first kappa shape index (κ1) is 13.5. The van der Waals surface area contributed by atoms with E-state index in [-0.39, 0.29) is 18.1 Å². The highest BCUT2D eigenvalue weighted by Gasteiger charge is 2.23. The molecule has 0 radical (unpaired) electrons. The standard InChI is InChI=1S/C12H24N2O2/c1-5-14(4)12(15)10(3)13-8-11-7-6-9(2)16-11/h9-11,13H,5-8H2,1-4H3. The molecule has 1 saturated heterocycles. The van der Waals surface area contributed by atoms with E-state index in [4.69, 9.17) is 4.74 Å². The summed E-state index contributed by atoms with van der Waals surface area (Å²) in [6.07, 6.45) is 2.87. The molecule has 1 rings (SSSR count). The molecule has 4 nitrogen and oxygen atoms in total. The Bertz CT molecular complexity index is 233. The number of carbonyl (C=O) groups is 1. The molecule has 0 saturated carbocycles. The van der Waals surface area contributed by atoms with E-state index in [0.717, 1.165) is 25.9 Å². The average Bonchev–Trinajstić information content (AvgIpc) is 2.69. The molecule has 0 aromatic carbocycles. The van der Waals surface area contributed by atoms with Gasteiger partial charge in [-0.15, -0.1) is 0 Å². The summed E-state index contributed by atoms with van der Waals surface area (Å²) < 4.78 is 5.69. The number of likely N-dealkylation sites (N-methyl/N-ethyl adjacent to an activating group) is 1. The first-order chi connectivity index (χ1) is 7.54. The summed E-state index contributed by atoms with van der Waals surface area (Å²) in [5.74, 6) is 0.147. The molecule has 4 heteroatoms. The minimum absolute atomic E-state index is 0.121. The lowest BCUT2D eigenvalue weighted by molar-refractivity contribution is -0.131. The largest absolute Gasteiger partial charge is 0.374 e. The fourth-order valence-corrected chi connectivity index (χ4v) is 1.92. The molecule has 1 fully saturated rings. The highest BCUT2D eigenvalue weighted by molar-refractivity contribution is 5.81. The lowest BCUT2D eigenvalue weighted by atomic mass is 10.2. The van der Waals surface area contributed by atoms with E-state index in [2.05, 4.69) is 12.2 Å². The maximum atomic E-state index is 11.8. The third-order valence-corrected chi connectivity index (χ3v) is 3.19. The van der Waals surface area contributed by atoms with Crippen LogP contribution in [0, 0.1) is 0 Å². The quantitative estimate of drug-likeness (QED) is 0.763. The molecular formula is C12H24N2O2. The van der Waals surface area contributed by atoms with Crippen molar-refractivity contribution in [2.45, 2.75) is 51.9 Å². The number of amides is 1. The van der Waals surface area contributed by atoms with Gasteiger partial charge in [0, 0.05) is 20.1 Å². The number of ether oxygens (including phenoxy) is 1. The maximum Gasteiger partial charge on any atom is 0.239 e. The van der Waals surface area contributed by atoms with E-state index >= 15 is 0 Å². The monoisotopic (exact) mass is 228 g/mol. The summed E-state index contributed by atoms with van der Waals surface area (Å²) in [6, 6.07) is -0.121. The summed E-state index contributed by atoms with van der Waals surface area (Å²) in [7, 11) is 1.83. The second-order valence-electron chi connectivity index (χ2n) is 4.63. The number of carbonyl (C=O) groups excluding carboxylic acids is 1. The lowest BCUT2D eigenvalue weighted by Crippen LogP contribution is -2.45. The summed E-state index contributed by atoms with van der Waals surface area (Å²) in [5, 5.41) is 3.24. The van der Waals surface area contributed by atoms with E-state index in [9.17, 15) is 4.79 Å². The molecule has 3 unspecified atom stereocenters. The Balaban J connectivity index is 2.24. The van der Waals surface area contributed by atoms with Crippen LogP contribution < -0.4 is 5.32 Å². The number of hydrogen-bond acceptors (Lipinski definition) is 3. The number of rotatable bonds is 5. The van der Waals surface area contributed by atoms with Gasteiger partial charge in [0.05, 0.1) is 18.2 Å². The van der Waals surface area contributed by atoms with Crippen LogP contribution in [0.3, 0.4) is 0 Å². The van der Waals surface area contributed by atoms with Crippen LogP contribution >= 0.6 is 0 Å². The fourth-order valence-electron chi connectivity index (χ4n) is 1.92. The molecule has 94 valence electrons. The Labute approximate surface area is 98.3 Å². The van der Waals surface area contributed by atoms with Gasteiger partial charge in [-0.05, 0) is 33.6 Å². The smallest absolute Gasteiger partial charge is 0.239 e. The number of hydrogen-bond donors (Lipinski definition) is 1. The van der Waals surface area contributed by atoms with E-state index in [1.54, 1.807) is 4.90 Å². The van der Waals surface area contributed by atoms with Crippen LogP contribution in [-0.4, -0.2) is 49.2 Å². The summed E-state index contributed by atoms with van der Waals surface area (Å²) in [4.78, 5) is 13.5. The summed E-state index contributed by atoms with van der Waals surface area (Å²) >= 11 is 0. The van der Waals surface area contributed by atoms with Crippen molar-refractivity contribution in [1.29, 1.82) is 0 Å². The topological polar surface area (TPSA) is 41.6 Å². The predicted molar refractivity (Wildman–Crippen MR) is 64.3 cm³/mol. The Morgan fingerprint density at radius 1 is 1.56 bits per heavy atom. The van der Waals surface area contributed by atoms with Gasteiger partial charge in [0.15, 0.2) is 0 Å². The average molecular weight is 228 g/mol. The number of nitrogens with zero attached hydrogens (tertiary/aromatic N) is 1. The van der Waals surface area contributed by atoms with Crippen molar-refractivity contribution in [3.8, 4) is 0 Å². The molecule has 1 amide bonds. The first-order valence-corrected chi connectivity index (χ1v) is 6.18. The molecular weight excluding hydrogens is 204 g/mol.